The zero-order valence-electron chi connectivity index (χ0n) is 12.5. The Morgan fingerprint density at radius 1 is 1.33 bits per heavy atom. The van der Waals surface area contributed by atoms with E-state index in [1.165, 1.54) is 0 Å². The summed E-state index contributed by atoms with van der Waals surface area (Å²) in [6, 6.07) is 3.63. The number of pyridine rings is 1. The van der Waals surface area contributed by atoms with Crippen LogP contribution in [0.5, 0.6) is 0 Å². The molecule has 2 aromatic heterocycles. The Morgan fingerprint density at radius 2 is 2.19 bits per heavy atom. The molecule has 0 unspecified atom stereocenters. The normalized spacial score (nSPS) is 10.4. The average molecular weight is 287 g/mol. The van der Waals surface area contributed by atoms with Crippen molar-refractivity contribution >= 4 is 11.7 Å². The first-order valence-corrected chi connectivity index (χ1v) is 7.04. The van der Waals surface area contributed by atoms with E-state index in [-0.39, 0.29) is 5.91 Å². The van der Waals surface area contributed by atoms with Gasteiger partial charge in [-0.3, -0.25) is 4.79 Å². The molecule has 0 fully saturated rings. The average Bonchev–Trinajstić information content (AvgIpc) is 3.00. The van der Waals surface area contributed by atoms with Gasteiger partial charge in [-0.25, -0.2) is 9.97 Å². The number of hydrogen-bond acceptors (Lipinski definition) is 4. The standard InChI is InChI=1S/C15H21N5O/c1-19(2)15(21)13-5-6-14(18-11-13)17-7-3-4-9-20-10-8-16-12-20/h5-6,8,10-12H,3-4,7,9H2,1-2H3,(H,17,18). The summed E-state index contributed by atoms with van der Waals surface area (Å²) >= 11 is 0. The van der Waals surface area contributed by atoms with Crippen molar-refractivity contribution in [2.75, 3.05) is 26.0 Å². The Kier molecular flexibility index (Phi) is 5.31. The molecule has 6 nitrogen and oxygen atoms in total. The molecule has 1 amide bonds. The van der Waals surface area contributed by atoms with E-state index in [1.807, 2.05) is 18.6 Å². The summed E-state index contributed by atoms with van der Waals surface area (Å²) in [7, 11) is 3.46. The minimum atomic E-state index is -0.0330. The van der Waals surface area contributed by atoms with Crippen LogP contribution in [0.25, 0.3) is 0 Å². The number of aryl methyl sites for hydroxylation is 1. The van der Waals surface area contributed by atoms with Crippen LogP contribution >= 0.6 is 0 Å². The highest BCUT2D eigenvalue weighted by Gasteiger charge is 2.07. The zero-order valence-corrected chi connectivity index (χ0v) is 12.5. The number of nitrogens with zero attached hydrogens (tertiary/aromatic N) is 4. The minimum absolute atomic E-state index is 0.0330. The number of hydrogen-bond donors (Lipinski definition) is 1. The highest BCUT2D eigenvalue weighted by molar-refractivity contribution is 5.93. The molecule has 1 N–H and O–H groups in total. The Hall–Kier alpha value is -2.37. The Morgan fingerprint density at radius 3 is 2.81 bits per heavy atom. The third-order valence-corrected chi connectivity index (χ3v) is 3.13. The van der Waals surface area contributed by atoms with Crippen molar-refractivity contribution < 1.29 is 4.79 Å². The first kappa shape index (κ1) is 15.0. The van der Waals surface area contributed by atoms with Gasteiger partial charge in [0.2, 0.25) is 0 Å². The van der Waals surface area contributed by atoms with Crippen LogP contribution in [0, 0.1) is 0 Å². The molecule has 6 heteroatoms. The summed E-state index contributed by atoms with van der Waals surface area (Å²) in [6.45, 7) is 1.84. The van der Waals surface area contributed by atoms with Crippen LogP contribution in [0.2, 0.25) is 0 Å². The van der Waals surface area contributed by atoms with Gasteiger partial charge in [0.1, 0.15) is 5.82 Å². The van der Waals surface area contributed by atoms with Gasteiger partial charge in [0.05, 0.1) is 11.9 Å². The molecule has 0 bridgehead atoms. The molecule has 2 heterocycles. The molecular weight excluding hydrogens is 266 g/mol. The Balaban J connectivity index is 1.70. The van der Waals surface area contributed by atoms with Crippen LogP contribution in [0.1, 0.15) is 23.2 Å². The molecule has 0 saturated heterocycles. The second kappa shape index (κ2) is 7.42. The maximum Gasteiger partial charge on any atom is 0.254 e. The first-order valence-electron chi connectivity index (χ1n) is 7.04. The van der Waals surface area contributed by atoms with Crippen molar-refractivity contribution in [3.8, 4) is 0 Å². The maximum atomic E-state index is 11.7. The Bertz CT molecular complexity index is 548. The molecule has 0 atom stereocenters. The maximum absolute atomic E-state index is 11.7. The van der Waals surface area contributed by atoms with E-state index in [2.05, 4.69) is 19.9 Å². The molecule has 0 saturated carbocycles. The predicted octanol–water partition coefficient (Wildman–Crippen LogP) is 1.87. The summed E-state index contributed by atoms with van der Waals surface area (Å²) in [6.07, 6.45) is 9.33. The van der Waals surface area contributed by atoms with Gasteiger partial charge in [-0.2, -0.15) is 0 Å². The van der Waals surface area contributed by atoms with E-state index in [0.717, 1.165) is 31.7 Å². The number of carbonyl (C=O) groups excluding carboxylic acids is 1. The fourth-order valence-electron chi connectivity index (χ4n) is 1.94. The number of amides is 1. The minimum Gasteiger partial charge on any atom is -0.370 e. The number of aromatic nitrogens is 3. The van der Waals surface area contributed by atoms with Gasteiger partial charge in [0, 0.05) is 45.8 Å². The second-order valence-electron chi connectivity index (χ2n) is 5.07. The molecule has 112 valence electrons. The molecule has 0 spiro atoms. The summed E-state index contributed by atoms with van der Waals surface area (Å²) in [4.78, 5) is 21.5. The van der Waals surface area contributed by atoms with Crippen molar-refractivity contribution in [1.82, 2.24) is 19.4 Å². The highest BCUT2D eigenvalue weighted by atomic mass is 16.2. The lowest BCUT2D eigenvalue weighted by Crippen LogP contribution is -2.21. The van der Waals surface area contributed by atoms with Crippen LogP contribution in [-0.4, -0.2) is 46.0 Å². The van der Waals surface area contributed by atoms with Crippen molar-refractivity contribution in [1.29, 1.82) is 0 Å². The van der Waals surface area contributed by atoms with Crippen LogP contribution in [0.15, 0.2) is 37.1 Å². The fourth-order valence-corrected chi connectivity index (χ4v) is 1.94. The van der Waals surface area contributed by atoms with E-state index in [9.17, 15) is 4.79 Å². The largest absolute Gasteiger partial charge is 0.370 e. The summed E-state index contributed by atoms with van der Waals surface area (Å²) in [5.74, 6) is 0.766. The second-order valence-corrected chi connectivity index (χ2v) is 5.07. The van der Waals surface area contributed by atoms with Crippen LogP contribution in [0.4, 0.5) is 5.82 Å². The Labute approximate surface area is 124 Å². The number of unbranched alkanes of at least 4 members (excludes halogenated alkanes) is 1. The third-order valence-electron chi connectivity index (χ3n) is 3.13. The van der Waals surface area contributed by atoms with Crippen molar-refractivity contribution in [3.05, 3.63) is 42.6 Å². The molecule has 2 aromatic rings. The van der Waals surface area contributed by atoms with Gasteiger partial charge in [-0.05, 0) is 25.0 Å². The molecule has 2 rings (SSSR count). The van der Waals surface area contributed by atoms with Crippen molar-refractivity contribution in [3.63, 3.8) is 0 Å². The fraction of sp³-hybridized carbons (Fsp3) is 0.400. The quantitative estimate of drug-likeness (QED) is 0.790. The SMILES string of the molecule is CN(C)C(=O)c1ccc(NCCCCn2ccnc2)nc1. The molecule has 0 aromatic carbocycles. The van der Waals surface area contributed by atoms with E-state index in [1.54, 1.807) is 37.5 Å². The molecular formula is C15H21N5O. The van der Waals surface area contributed by atoms with Gasteiger partial charge in [0.25, 0.3) is 5.91 Å². The molecule has 0 radical (unpaired) electrons. The summed E-state index contributed by atoms with van der Waals surface area (Å²) in [5.41, 5.74) is 0.602. The number of anilines is 1. The number of rotatable bonds is 7. The van der Waals surface area contributed by atoms with Crippen LogP contribution in [-0.2, 0) is 6.54 Å². The summed E-state index contributed by atoms with van der Waals surface area (Å²) in [5, 5.41) is 3.26. The predicted molar refractivity (Wildman–Crippen MR) is 82.2 cm³/mol. The number of carbonyl (C=O) groups is 1. The van der Waals surface area contributed by atoms with Gasteiger partial charge < -0.3 is 14.8 Å². The van der Waals surface area contributed by atoms with Crippen LogP contribution < -0.4 is 5.32 Å². The van der Waals surface area contributed by atoms with E-state index >= 15 is 0 Å². The van der Waals surface area contributed by atoms with Crippen LogP contribution in [0.3, 0.4) is 0 Å². The smallest absolute Gasteiger partial charge is 0.254 e. The number of imidazole rings is 1. The zero-order chi connectivity index (χ0) is 15.1. The van der Waals surface area contributed by atoms with Gasteiger partial charge >= 0.3 is 0 Å². The molecule has 0 aliphatic heterocycles. The van der Waals surface area contributed by atoms with Gasteiger partial charge in [0.15, 0.2) is 0 Å². The topological polar surface area (TPSA) is 63.1 Å². The summed E-state index contributed by atoms with van der Waals surface area (Å²) < 4.78 is 2.07. The van der Waals surface area contributed by atoms with Gasteiger partial charge in [-0.1, -0.05) is 0 Å². The van der Waals surface area contributed by atoms with E-state index in [4.69, 9.17) is 0 Å². The molecule has 0 aliphatic rings. The monoisotopic (exact) mass is 287 g/mol. The lowest BCUT2D eigenvalue weighted by molar-refractivity contribution is 0.0827. The molecule has 21 heavy (non-hydrogen) atoms. The lowest BCUT2D eigenvalue weighted by atomic mass is 10.2. The lowest BCUT2D eigenvalue weighted by Gasteiger charge is -2.10. The first-order chi connectivity index (χ1) is 10.2. The van der Waals surface area contributed by atoms with Crippen molar-refractivity contribution in [2.24, 2.45) is 0 Å². The van der Waals surface area contributed by atoms with E-state index < -0.39 is 0 Å². The molecule has 0 aliphatic carbocycles. The third kappa shape index (κ3) is 4.59. The highest BCUT2D eigenvalue weighted by Crippen LogP contribution is 2.07. The van der Waals surface area contributed by atoms with E-state index in [0.29, 0.717) is 5.56 Å². The van der Waals surface area contributed by atoms with Gasteiger partial charge in [-0.15, -0.1) is 0 Å². The number of nitrogens with one attached hydrogen (secondary N) is 1. The van der Waals surface area contributed by atoms with Crippen molar-refractivity contribution in [2.45, 2.75) is 19.4 Å².